The van der Waals surface area contributed by atoms with Crippen molar-refractivity contribution in [1.29, 1.82) is 0 Å². The van der Waals surface area contributed by atoms with E-state index in [0.29, 0.717) is 24.5 Å². The van der Waals surface area contributed by atoms with Crippen LogP contribution in [0.2, 0.25) is 0 Å². The summed E-state index contributed by atoms with van der Waals surface area (Å²) in [4.78, 5) is 51.4. The van der Waals surface area contributed by atoms with Gasteiger partial charge in [0.05, 0.1) is 25.4 Å². The van der Waals surface area contributed by atoms with E-state index in [1.807, 2.05) is 13.8 Å². The van der Waals surface area contributed by atoms with Crippen LogP contribution in [0.25, 0.3) is 11.1 Å². The van der Waals surface area contributed by atoms with Gasteiger partial charge in [0.1, 0.15) is 24.3 Å². The van der Waals surface area contributed by atoms with Gasteiger partial charge < -0.3 is 23.8 Å². The number of ether oxygens (including phenoxy) is 2. The van der Waals surface area contributed by atoms with E-state index in [1.54, 1.807) is 18.2 Å². The second-order valence-electron chi connectivity index (χ2n) is 6.47. The second-order valence-corrected chi connectivity index (χ2v) is 7.18. The first-order chi connectivity index (χ1) is 15.4. The van der Waals surface area contributed by atoms with Gasteiger partial charge in [-0.25, -0.2) is 19.0 Å². The van der Waals surface area contributed by atoms with E-state index < -0.39 is 32.7 Å². The summed E-state index contributed by atoms with van der Waals surface area (Å²) in [6.45, 7) is 4.42. The van der Waals surface area contributed by atoms with E-state index in [0.717, 1.165) is 0 Å². The molecule has 0 saturated carbocycles. The molecule has 1 atom stereocenters. The van der Waals surface area contributed by atoms with E-state index in [-0.39, 0.29) is 83.5 Å². The Morgan fingerprint density at radius 3 is 2.44 bits per heavy atom. The van der Waals surface area contributed by atoms with Crippen molar-refractivity contribution in [3.8, 4) is 11.1 Å². The Labute approximate surface area is 242 Å². The molecule has 1 aromatic heterocycles. The number of pyridine rings is 1. The van der Waals surface area contributed by atoms with Crippen LogP contribution in [-0.4, -0.2) is 49.6 Å². The number of benzene rings is 1. The zero-order valence-corrected chi connectivity index (χ0v) is 24.3. The summed E-state index contributed by atoms with van der Waals surface area (Å²) >= 11 is 0. The van der Waals surface area contributed by atoms with Gasteiger partial charge in [-0.1, -0.05) is 13.8 Å². The maximum atomic E-state index is 14.7. The van der Waals surface area contributed by atoms with Gasteiger partial charge in [0.2, 0.25) is 0 Å². The Morgan fingerprint density at radius 2 is 1.88 bits per heavy atom. The number of anilines is 2. The molecule has 2 fully saturated rings. The molecule has 0 aliphatic carbocycles. The molecule has 3 heterocycles. The van der Waals surface area contributed by atoms with Crippen LogP contribution in [0.1, 0.15) is 13.8 Å². The molecule has 1 unspecified atom stereocenters. The number of carbonyl (C=O) groups is 2. The van der Waals surface area contributed by atoms with Crippen molar-refractivity contribution in [2.75, 3.05) is 36.1 Å². The molecule has 1 aromatic carbocycles. The van der Waals surface area contributed by atoms with Crippen molar-refractivity contribution in [2.45, 2.75) is 20.0 Å². The summed E-state index contributed by atoms with van der Waals surface area (Å²) in [5.41, 5.74) is 1.02. The fourth-order valence-electron chi connectivity index (χ4n) is 3.18. The molecule has 2 aromatic rings. The molecule has 2 aliphatic heterocycles. The molecule has 0 bridgehead atoms. The minimum Gasteiger partial charge on any atom is -0.820 e. The summed E-state index contributed by atoms with van der Waals surface area (Å²) in [5.74, 6) is -0.177. The normalized spacial score (nSPS) is 16.8. The number of carbonyl (C=O) groups excluding carboxylic acids is 2. The predicted octanol–water partition coefficient (Wildman–Crippen LogP) is -3.83. The van der Waals surface area contributed by atoms with Crippen LogP contribution < -0.4 is 78.7 Å². The van der Waals surface area contributed by atoms with Crippen LogP contribution >= 0.6 is 8.60 Å². The van der Waals surface area contributed by atoms with Gasteiger partial charge in [-0.15, -0.1) is 0 Å². The Kier molecular flexibility index (Phi) is 13.4. The van der Waals surface area contributed by atoms with E-state index in [2.05, 4.69) is 9.51 Å². The van der Waals surface area contributed by atoms with Crippen LogP contribution in [0.5, 0.6) is 0 Å². The number of nitrogens with zero attached hydrogens (tertiary/aromatic N) is 3. The average Bonchev–Trinajstić information content (AvgIpc) is 3.39. The molecule has 172 valence electrons. The Balaban J connectivity index is 0.00000141. The molecular formula is C20H21FN3Na2O7P. The van der Waals surface area contributed by atoms with Crippen molar-refractivity contribution in [3.63, 3.8) is 0 Å². The van der Waals surface area contributed by atoms with Crippen LogP contribution in [0.3, 0.4) is 0 Å². The zero-order valence-electron chi connectivity index (χ0n) is 19.4. The number of halogens is 1. The molecule has 0 N–H and O–H groups in total. The largest absolute Gasteiger partial charge is 1.00 e. The third-order valence-corrected chi connectivity index (χ3v) is 4.96. The van der Waals surface area contributed by atoms with Gasteiger partial charge in [0.25, 0.3) is 0 Å². The fourth-order valence-corrected chi connectivity index (χ4v) is 3.46. The van der Waals surface area contributed by atoms with Crippen molar-refractivity contribution in [1.82, 2.24) is 4.98 Å². The number of amides is 2. The summed E-state index contributed by atoms with van der Waals surface area (Å²) in [5, 5.41) is 0. The van der Waals surface area contributed by atoms with E-state index in [1.165, 1.54) is 28.1 Å². The number of cyclic esters (lactones) is 2. The molecule has 2 saturated heterocycles. The van der Waals surface area contributed by atoms with Crippen molar-refractivity contribution in [3.05, 3.63) is 42.3 Å². The van der Waals surface area contributed by atoms with Gasteiger partial charge in [-0.2, -0.15) is 8.60 Å². The van der Waals surface area contributed by atoms with Crippen LogP contribution in [0.4, 0.5) is 25.5 Å². The summed E-state index contributed by atoms with van der Waals surface area (Å²) in [6, 6.07) is 7.45. The molecular weight excluding hydrogens is 490 g/mol. The first-order valence-corrected chi connectivity index (χ1v) is 11.0. The van der Waals surface area contributed by atoms with Gasteiger partial charge in [0, 0.05) is 17.3 Å². The number of hydrogen-bond acceptors (Lipinski definition) is 8. The molecule has 4 rings (SSSR count). The molecule has 0 radical (unpaired) electrons. The maximum absolute atomic E-state index is 14.7. The Bertz CT molecular complexity index is 972. The molecule has 0 spiro atoms. The number of rotatable bonds is 6. The first kappa shape index (κ1) is 31.2. The van der Waals surface area contributed by atoms with E-state index >= 15 is 0 Å². The minimum absolute atomic E-state index is 0. The fraction of sp³-hybridized carbons (Fsp3) is 0.350. The smallest absolute Gasteiger partial charge is 0.820 e. The molecule has 34 heavy (non-hydrogen) atoms. The summed E-state index contributed by atoms with van der Waals surface area (Å²) < 4.78 is 29.1. The third kappa shape index (κ3) is 7.57. The van der Waals surface area contributed by atoms with Gasteiger partial charge in [-0.3, -0.25) is 9.80 Å². The number of aromatic nitrogens is 1. The summed E-state index contributed by atoms with van der Waals surface area (Å²) in [6.07, 6.45) is -0.530. The van der Waals surface area contributed by atoms with Gasteiger partial charge in [-0.05, 0) is 30.3 Å². The Morgan fingerprint density at radius 1 is 1.15 bits per heavy atom. The molecule has 2 aliphatic rings. The molecule has 14 heteroatoms. The van der Waals surface area contributed by atoms with Crippen LogP contribution in [0, 0.1) is 5.82 Å². The number of hydrogen-bond donors (Lipinski definition) is 0. The SMILES string of the molecule is CC.O=C1OC(COP([O-])[O-])CN1c1ccc(-c2ccc(N3CCOC3=O)nc2)c(F)c1.[Na+].[Na+]. The van der Waals surface area contributed by atoms with Crippen molar-refractivity contribution in [2.24, 2.45) is 0 Å². The van der Waals surface area contributed by atoms with Gasteiger partial charge in [0.15, 0.2) is 0 Å². The summed E-state index contributed by atoms with van der Waals surface area (Å²) in [7, 11) is -3.05. The zero-order chi connectivity index (χ0) is 23.3. The predicted molar refractivity (Wildman–Crippen MR) is 110 cm³/mol. The van der Waals surface area contributed by atoms with E-state index in [4.69, 9.17) is 9.47 Å². The monoisotopic (exact) mass is 511 g/mol. The first-order valence-electron chi connectivity index (χ1n) is 9.88. The standard InChI is InChI=1S/C18H15FN3O7P.C2H6.2Na/c19-15-7-12(22-9-13(29-18(22)24)10-28-30(25)26)2-3-14(15)11-1-4-16(20-8-11)21-5-6-27-17(21)23;1-2;;/h1-4,7-8,13H,5-6,9-10H2;1-2H3;;/q-2;;2*+1. The topological polar surface area (TPSA) is 127 Å². The Hall–Kier alpha value is -0.850. The minimum atomic E-state index is -3.05. The average molecular weight is 511 g/mol. The van der Waals surface area contributed by atoms with E-state index in [9.17, 15) is 23.8 Å². The van der Waals surface area contributed by atoms with Crippen molar-refractivity contribution < 1.29 is 96.9 Å². The quantitative estimate of drug-likeness (QED) is 0.285. The second kappa shape index (κ2) is 14.6. The molecule has 2 amide bonds. The van der Waals surface area contributed by atoms with Gasteiger partial charge >= 0.3 is 71.3 Å². The van der Waals surface area contributed by atoms with Crippen LogP contribution in [-0.2, 0) is 14.0 Å². The van der Waals surface area contributed by atoms with Crippen molar-refractivity contribution >= 4 is 32.3 Å². The van der Waals surface area contributed by atoms with Crippen LogP contribution in [0.15, 0.2) is 36.5 Å². The molecule has 10 nitrogen and oxygen atoms in total. The third-order valence-electron chi connectivity index (χ3n) is 4.60. The maximum Gasteiger partial charge on any atom is 1.00 e.